The molecule has 0 amide bonds. The van der Waals surface area contributed by atoms with Gasteiger partial charge in [-0.3, -0.25) is 9.59 Å². The van der Waals surface area contributed by atoms with Gasteiger partial charge in [-0.05, 0) is 18.6 Å². The smallest absolute Gasteiger partial charge is 0.317 e. The Hall–Kier alpha value is -1.84. The van der Waals surface area contributed by atoms with E-state index in [1.807, 2.05) is 30.3 Å². The average Bonchev–Trinajstić information content (AvgIpc) is 2.59. The topological polar surface area (TPSA) is 52.6 Å². The zero-order valence-corrected chi connectivity index (χ0v) is 8.72. The van der Waals surface area contributed by atoms with Gasteiger partial charge in [-0.15, -0.1) is 0 Å². The van der Waals surface area contributed by atoms with Crippen molar-refractivity contribution < 1.29 is 19.1 Å². The van der Waals surface area contributed by atoms with Crippen LogP contribution >= 0.6 is 0 Å². The molecule has 16 heavy (non-hydrogen) atoms. The van der Waals surface area contributed by atoms with Crippen LogP contribution in [-0.2, 0) is 14.3 Å². The molecule has 1 fully saturated rings. The summed E-state index contributed by atoms with van der Waals surface area (Å²) in [7, 11) is 0. The predicted molar refractivity (Wildman–Crippen MR) is 55.8 cm³/mol. The van der Waals surface area contributed by atoms with E-state index in [0.717, 1.165) is 5.75 Å². The summed E-state index contributed by atoms with van der Waals surface area (Å²) in [6.45, 7) is 0.414. The maximum Gasteiger partial charge on any atom is 0.317 e. The lowest BCUT2D eigenvalue weighted by Crippen LogP contribution is -2.11. The summed E-state index contributed by atoms with van der Waals surface area (Å²) in [4.78, 5) is 21.9. The van der Waals surface area contributed by atoms with Crippen LogP contribution in [0.15, 0.2) is 30.3 Å². The molecule has 0 N–H and O–H groups in total. The Labute approximate surface area is 93.2 Å². The van der Waals surface area contributed by atoms with E-state index < -0.39 is 11.9 Å². The molecule has 1 aromatic carbocycles. The largest absolute Gasteiger partial charge is 0.494 e. The number of hydrogen-bond acceptors (Lipinski definition) is 4. The molecule has 0 radical (unpaired) electrons. The van der Waals surface area contributed by atoms with E-state index in [2.05, 4.69) is 4.74 Å². The molecule has 84 valence electrons. The van der Waals surface area contributed by atoms with Crippen LogP contribution in [0.2, 0.25) is 0 Å². The molecular formula is C12H12O4. The first kappa shape index (κ1) is 10.7. The highest BCUT2D eigenvalue weighted by atomic mass is 16.6. The van der Waals surface area contributed by atoms with E-state index in [1.165, 1.54) is 0 Å². The summed E-state index contributed by atoms with van der Waals surface area (Å²) in [6.07, 6.45) is 0.691. The second kappa shape index (κ2) is 4.79. The maximum atomic E-state index is 11.1. The molecule has 0 saturated carbocycles. The minimum absolute atomic E-state index is 0.178. The summed E-state index contributed by atoms with van der Waals surface area (Å²) in [5, 5.41) is 0. The van der Waals surface area contributed by atoms with Gasteiger partial charge in [-0.25, -0.2) is 0 Å². The fourth-order valence-electron chi connectivity index (χ4n) is 1.58. The Balaban J connectivity index is 1.76. The first-order chi connectivity index (χ1) is 7.75. The molecule has 1 atom stereocenters. The molecule has 0 aliphatic carbocycles. The number of carbonyl (C=O) groups excluding carboxylic acids is 2. The molecule has 2 rings (SSSR count). The van der Waals surface area contributed by atoms with E-state index in [-0.39, 0.29) is 12.3 Å². The number of carbonyl (C=O) groups is 2. The second-order valence-corrected chi connectivity index (χ2v) is 3.64. The quantitative estimate of drug-likeness (QED) is 0.570. The minimum atomic E-state index is -0.435. The molecule has 1 aliphatic heterocycles. The Morgan fingerprint density at radius 2 is 2.00 bits per heavy atom. The minimum Gasteiger partial charge on any atom is -0.494 e. The van der Waals surface area contributed by atoms with Crippen LogP contribution in [0, 0.1) is 5.92 Å². The normalized spacial score (nSPS) is 19.6. The monoisotopic (exact) mass is 220 g/mol. The summed E-state index contributed by atoms with van der Waals surface area (Å²) < 4.78 is 9.88. The Kier molecular flexibility index (Phi) is 3.19. The first-order valence-corrected chi connectivity index (χ1v) is 5.18. The third-order valence-corrected chi connectivity index (χ3v) is 2.44. The number of hydrogen-bond donors (Lipinski definition) is 0. The van der Waals surface area contributed by atoms with Crippen molar-refractivity contribution in [1.82, 2.24) is 0 Å². The van der Waals surface area contributed by atoms with Crippen molar-refractivity contribution >= 4 is 11.9 Å². The lowest BCUT2D eigenvalue weighted by molar-refractivity contribution is -0.153. The second-order valence-electron chi connectivity index (χ2n) is 3.64. The number of esters is 2. The van der Waals surface area contributed by atoms with Gasteiger partial charge in [-0.1, -0.05) is 18.2 Å². The summed E-state index contributed by atoms with van der Waals surface area (Å²) >= 11 is 0. The number of para-hydroxylation sites is 1. The van der Waals surface area contributed by atoms with Gasteiger partial charge in [0, 0.05) is 0 Å². The van der Waals surface area contributed by atoms with Crippen LogP contribution in [0.25, 0.3) is 0 Å². The fraction of sp³-hybridized carbons (Fsp3) is 0.333. The maximum absolute atomic E-state index is 11.1. The molecule has 1 saturated heterocycles. The van der Waals surface area contributed by atoms with Crippen LogP contribution in [0.3, 0.4) is 0 Å². The molecule has 4 nitrogen and oxygen atoms in total. The van der Waals surface area contributed by atoms with E-state index in [4.69, 9.17) is 4.74 Å². The number of cyclic esters (lactones) is 2. The third-order valence-electron chi connectivity index (χ3n) is 2.44. The highest BCUT2D eigenvalue weighted by Crippen LogP contribution is 2.20. The molecule has 1 aromatic rings. The van der Waals surface area contributed by atoms with Crippen molar-refractivity contribution in [3.63, 3.8) is 0 Å². The number of rotatable bonds is 4. The highest BCUT2D eigenvalue weighted by molar-refractivity contribution is 5.94. The van der Waals surface area contributed by atoms with Crippen molar-refractivity contribution in [1.29, 1.82) is 0 Å². The first-order valence-electron chi connectivity index (χ1n) is 5.18. The lowest BCUT2D eigenvalue weighted by atomic mass is 10.1. The van der Waals surface area contributed by atoms with Gasteiger partial charge in [0.1, 0.15) is 5.75 Å². The number of benzene rings is 1. The molecule has 1 aliphatic rings. The molecule has 0 bridgehead atoms. The van der Waals surface area contributed by atoms with Crippen LogP contribution in [0.1, 0.15) is 12.8 Å². The summed E-state index contributed by atoms with van der Waals surface area (Å²) in [5.41, 5.74) is 0. The standard InChI is InChI=1S/C12H12O4/c13-11-8-9(12(14)16-11)6-7-15-10-4-2-1-3-5-10/h1-5,9H,6-8H2. The average molecular weight is 220 g/mol. The Morgan fingerprint density at radius 1 is 1.25 bits per heavy atom. The van der Waals surface area contributed by atoms with Crippen molar-refractivity contribution in [2.24, 2.45) is 5.92 Å². The molecule has 0 aromatic heterocycles. The van der Waals surface area contributed by atoms with Gasteiger partial charge in [0.25, 0.3) is 0 Å². The third kappa shape index (κ3) is 2.59. The zero-order chi connectivity index (χ0) is 11.4. The lowest BCUT2D eigenvalue weighted by Gasteiger charge is -2.07. The van der Waals surface area contributed by atoms with E-state index >= 15 is 0 Å². The molecule has 1 heterocycles. The van der Waals surface area contributed by atoms with Crippen molar-refractivity contribution in [3.05, 3.63) is 30.3 Å². The Bertz CT molecular complexity index is 385. The van der Waals surface area contributed by atoms with Gasteiger partial charge >= 0.3 is 11.9 Å². The molecule has 0 spiro atoms. The zero-order valence-electron chi connectivity index (χ0n) is 8.72. The van der Waals surface area contributed by atoms with E-state index in [9.17, 15) is 9.59 Å². The van der Waals surface area contributed by atoms with Crippen molar-refractivity contribution in [3.8, 4) is 5.75 Å². The van der Waals surface area contributed by atoms with Crippen LogP contribution < -0.4 is 4.74 Å². The summed E-state index contributed by atoms with van der Waals surface area (Å²) in [5.74, 6) is -0.437. The van der Waals surface area contributed by atoms with Gasteiger partial charge in [0.15, 0.2) is 0 Å². The fourth-order valence-corrected chi connectivity index (χ4v) is 1.58. The van der Waals surface area contributed by atoms with Crippen LogP contribution in [0.4, 0.5) is 0 Å². The van der Waals surface area contributed by atoms with Gasteiger partial charge in [0.2, 0.25) is 0 Å². The van der Waals surface area contributed by atoms with E-state index in [1.54, 1.807) is 0 Å². The van der Waals surface area contributed by atoms with Gasteiger partial charge < -0.3 is 9.47 Å². The number of ether oxygens (including phenoxy) is 2. The van der Waals surface area contributed by atoms with Crippen molar-refractivity contribution in [2.75, 3.05) is 6.61 Å². The molecule has 1 unspecified atom stereocenters. The molecule has 4 heteroatoms. The van der Waals surface area contributed by atoms with Gasteiger partial charge in [0.05, 0.1) is 18.9 Å². The van der Waals surface area contributed by atoms with E-state index in [0.29, 0.717) is 13.0 Å². The summed E-state index contributed by atoms with van der Waals surface area (Å²) in [6, 6.07) is 9.35. The predicted octanol–water partition coefficient (Wildman–Crippen LogP) is 1.55. The Morgan fingerprint density at radius 3 is 2.62 bits per heavy atom. The SMILES string of the molecule is O=C1CC(CCOc2ccccc2)C(=O)O1. The van der Waals surface area contributed by atoms with Gasteiger partial charge in [-0.2, -0.15) is 0 Å². The van der Waals surface area contributed by atoms with Crippen LogP contribution in [0.5, 0.6) is 5.75 Å². The highest BCUT2D eigenvalue weighted by Gasteiger charge is 2.32. The van der Waals surface area contributed by atoms with Crippen molar-refractivity contribution in [2.45, 2.75) is 12.8 Å². The van der Waals surface area contributed by atoms with Crippen LogP contribution in [-0.4, -0.2) is 18.5 Å². The molecular weight excluding hydrogens is 208 g/mol.